The van der Waals surface area contributed by atoms with Crippen LogP contribution < -0.4 is 10.6 Å². The molecule has 3 heterocycles. The topological polar surface area (TPSA) is 171 Å². The normalized spacial score (nSPS) is 13.9. The minimum Gasteiger partial charge on any atom is -0.464 e. The van der Waals surface area contributed by atoms with Crippen LogP contribution in [0.25, 0.3) is 0 Å². The van der Waals surface area contributed by atoms with Gasteiger partial charge in [0, 0.05) is 37.3 Å². The second-order valence-corrected chi connectivity index (χ2v) is 17.1. The van der Waals surface area contributed by atoms with Crippen molar-refractivity contribution in [3.05, 3.63) is 162 Å². The highest BCUT2D eigenvalue weighted by molar-refractivity contribution is 6.42. The van der Waals surface area contributed by atoms with Crippen LogP contribution in [0.4, 0.5) is 11.6 Å². The number of benzene rings is 3. The van der Waals surface area contributed by atoms with Crippen molar-refractivity contribution in [2.45, 2.75) is 82.2 Å². The van der Waals surface area contributed by atoms with Gasteiger partial charge >= 0.3 is 11.9 Å². The number of carbonyl (C=O) groups is 3. The van der Waals surface area contributed by atoms with Crippen molar-refractivity contribution in [2.24, 2.45) is 0 Å². The summed E-state index contributed by atoms with van der Waals surface area (Å²) < 4.78 is 9.30. The number of hydrogen-bond acceptors (Lipinski definition) is 13. The molecule has 3 fully saturated rings. The van der Waals surface area contributed by atoms with Gasteiger partial charge < -0.3 is 20.1 Å². The molecular formula is C48H46Cl4N8O5. The van der Waals surface area contributed by atoms with Gasteiger partial charge in [-0.2, -0.15) is 0 Å². The first kappa shape index (κ1) is 47.2. The zero-order valence-corrected chi connectivity index (χ0v) is 38.7. The van der Waals surface area contributed by atoms with E-state index in [4.69, 9.17) is 51.1 Å². The van der Waals surface area contributed by atoms with Gasteiger partial charge in [-0.1, -0.05) is 137 Å². The van der Waals surface area contributed by atoms with Gasteiger partial charge in [0.15, 0.2) is 22.3 Å². The lowest BCUT2D eigenvalue weighted by atomic mass is 10.1. The van der Waals surface area contributed by atoms with Crippen LogP contribution in [0.2, 0.25) is 20.2 Å². The zero-order chi connectivity index (χ0) is 45.9. The fourth-order valence-electron chi connectivity index (χ4n) is 6.40. The van der Waals surface area contributed by atoms with Gasteiger partial charge in [0.05, 0.1) is 14.2 Å². The fraction of sp³-hybridized carbons (Fsp3) is 0.312. The third-order valence-electron chi connectivity index (χ3n) is 10.5. The predicted molar refractivity (Wildman–Crippen MR) is 251 cm³/mol. The van der Waals surface area contributed by atoms with Crippen LogP contribution >= 0.6 is 46.4 Å². The predicted octanol–water partition coefficient (Wildman–Crippen LogP) is 11.3. The SMILES string of the molecule is COC(=O)c1nc(C2CC2)nc(Cl)c1Cl.COC(=O)c1nc(C2CC2)nc(NCc2ccccc2)c1Cl.O=C(CCc1ccccc1)c1nc(C2CC2)nc(NCc2ccccc2)c1Cl. The number of ketones is 1. The fourth-order valence-corrected chi connectivity index (χ4v) is 7.23. The summed E-state index contributed by atoms with van der Waals surface area (Å²) in [6, 6.07) is 29.9. The molecule has 3 saturated carbocycles. The van der Waals surface area contributed by atoms with Crippen molar-refractivity contribution < 1.29 is 23.9 Å². The Bertz CT molecular complexity index is 2620. The molecule has 3 aromatic heterocycles. The van der Waals surface area contributed by atoms with Crippen molar-refractivity contribution in [2.75, 3.05) is 24.9 Å². The lowest BCUT2D eigenvalue weighted by Gasteiger charge is -2.12. The number of methoxy groups -OCH3 is 2. The molecule has 0 radical (unpaired) electrons. The Morgan fingerprint density at radius 1 is 0.508 bits per heavy atom. The second kappa shape index (κ2) is 22.4. The first-order valence-electron chi connectivity index (χ1n) is 21.2. The van der Waals surface area contributed by atoms with Gasteiger partial charge in [-0.3, -0.25) is 4.79 Å². The maximum Gasteiger partial charge on any atom is 0.358 e. The number of nitrogens with one attached hydrogen (secondary N) is 2. The molecule has 3 aliphatic carbocycles. The van der Waals surface area contributed by atoms with Gasteiger partial charge in [0.25, 0.3) is 0 Å². The Labute approximate surface area is 397 Å². The number of rotatable bonds is 15. The number of aromatic nitrogens is 6. The van der Waals surface area contributed by atoms with Gasteiger partial charge in [-0.25, -0.2) is 39.5 Å². The Hall–Kier alpha value is -5.73. The van der Waals surface area contributed by atoms with Gasteiger partial charge in [-0.05, 0) is 61.6 Å². The third kappa shape index (κ3) is 13.2. The third-order valence-corrected chi connectivity index (χ3v) is 11.9. The van der Waals surface area contributed by atoms with Crippen LogP contribution in [0, 0.1) is 0 Å². The first-order chi connectivity index (χ1) is 31.5. The molecule has 3 aliphatic rings. The van der Waals surface area contributed by atoms with Gasteiger partial charge in [0.2, 0.25) is 0 Å². The highest BCUT2D eigenvalue weighted by Gasteiger charge is 2.32. The summed E-state index contributed by atoms with van der Waals surface area (Å²) in [5.74, 6) is 2.77. The Kier molecular flexibility index (Phi) is 16.3. The van der Waals surface area contributed by atoms with Crippen LogP contribution in [-0.2, 0) is 29.0 Å². The Morgan fingerprint density at radius 2 is 0.877 bits per heavy atom. The number of carbonyl (C=O) groups excluding carboxylic acids is 3. The van der Waals surface area contributed by atoms with Gasteiger partial charge in [0.1, 0.15) is 49.9 Å². The van der Waals surface area contributed by atoms with Crippen molar-refractivity contribution in [3.8, 4) is 0 Å². The van der Waals surface area contributed by atoms with Crippen molar-refractivity contribution in [1.82, 2.24) is 29.9 Å². The summed E-state index contributed by atoms with van der Waals surface area (Å²) in [7, 11) is 2.58. The van der Waals surface area contributed by atoms with Crippen molar-refractivity contribution in [3.63, 3.8) is 0 Å². The van der Waals surface area contributed by atoms with Crippen LogP contribution in [0.1, 0.15) is 128 Å². The molecule has 0 saturated heterocycles. The minimum absolute atomic E-state index is 0.0408. The smallest absolute Gasteiger partial charge is 0.358 e. The van der Waals surface area contributed by atoms with Crippen LogP contribution in [0.3, 0.4) is 0 Å². The van der Waals surface area contributed by atoms with E-state index >= 15 is 0 Å². The minimum atomic E-state index is -0.591. The van der Waals surface area contributed by atoms with Crippen LogP contribution in [-0.4, -0.2) is 61.8 Å². The molecule has 0 unspecified atom stereocenters. The van der Waals surface area contributed by atoms with Crippen LogP contribution in [0.5, 0.6) is 0 Å². The van der Waals surface area contributed by atoms with E-state index in [1.807, 2.05) is 91.0 Å². The standard InChI is InChI=1S/C23H22ClN3O.C16H16ClN3O2.C9H8Cl2N2O2/c24-20-21(19(28)14-11-16-7-3-1-4-8-16)26-22(18-12-13-18)27-23(20)25-15-17-9-5-2-6-10-17;1-22-16(21)13-12(17)15(20-14(19-13)11-7-8-11)18-9-10-5-3-2-4-6-10;1-15-9(14)6-5(10)7(11)13-8(12-6)4-2-3-4/h1-10,18H,11-15H2,(H,25,26,27);2-6,11H,7-9H2,1H3,(H,18,19,20);4H,2-3H2,1H3. The van der Waals surface area contributed by atoms with Gasteiger partial charge in [-0.15, -0.1) is 0 Å². The van der Waals surface area contributed by atoms with E-state index in [1.165, 1.54) is 14.2 Å². The second-order valence-electron chi connectivity index (χ2n) is 15.6. The van der Waals surface area contributed by atoms with E-state index in [0.717, 1.165) is 61.0 Å². The average Bonchev–Trinajstić information content (AvgIpc) is 4.16. The molecule has 17 heteroatoms. The average molecular weight is 957 g/mol. The number of anilines is 2. The number of aryl methyl sites for hydroxylation is 1. The summed E-state index contributed by atoms with van der Waals surface area (Å²) >= 11 is 24.4. The van der Waals surface area contributed by atoms with E-state index in [-0.39, 0.29) is 32.4 Å². The van der Waals surface area contributed by atoms with Crippen molar-refractivity contribution in [1.29, 1.82) is 0 Å². The Morgan fingerprint density at radius 3 is 1.29 bits per heavy atom. The molecule has 13 nitrogen and oxygen atoms in total. The molecule has 0 bridgehead atoms. The molecule has 9 rings (SSSR count). The van der Waals surface area contributed by atoms with E-state index in [2.05, 4.69) is 45.3 Å². The summed E-state index contributed by atoms with van der Waals surface area (Å²) in [6.07, 6.45) is 7.32. The maximum atomic E-state index is 12.9. The quantitative estimate of drug-likeness (QED) is 0.0566. The molecule has 6 aromatic rings. The molecule has 2 N–H and O–H groups in total. The van der Waals surface area contributed by atoms with Crippen LogP contribution in [0.15, 0.2) is 91.0 Å². The molecule has 0 aliphatic heterocycles. The molecule has 65 heavy (non-hydrogen) atoms. The number of hydrogen-bond donors (Lipinski definition) is 2. The lowest BCUT2D eigenvalue weighted by Crippen LogP contribution is -2.12. The maximum absolute atomic E-state index is 12.9. The first-order valence-corrected chi connectivity index (χ1v) is 22.7. The summed E-state index contributed by atoms with van der Waals surface area (Å²) in [4.78, 5) is 62.0. The summed E-state index contributed by atoms with van der Waals surface area (Å²) in [5.41, 5.74) is 3.86. The van der Waals surface area contributed by atoms with E-state index < -0.39 is 11.9 Å². The van der Waals surface area contributed by atoms with E-state index in [0.29, 0.717) is 77.7 Å². The molecule has 0 atom stereocenters. The molecule has 336 valence electrons. The molecule has 3 aromatic carbocycles. The monoisotopic (exact) mass is 954 g/mol. The summed E-state index contributed by atoms with van der Waals surface area (Å²) in [5, 5.41) is 7.14. The number of Topliss-reactive ketones (excluding diaryl/α,β-unsaturated/α-hetero) is 1. The number of nitrogens with zero attached hydrogens (tertiary/aromatic N) is 6. The summed E-state index contributed by atoms with van der Waals surface area (Å²) in [6.45, 7) is 1.17. The number of ether oxygens (including phenoxy) is 2. The zero-order valence-electron chi connectivity index (χ0n) is 35.7. The molecule has 0 amide bonds. The lowest BCUT2D eigenvalue weighted by molar-refractivity contribution is 0.0585. The van der Waals surface area contributed by atoms with E-state index in [1.54, 1.807) is 0 Å². The highest BCUT2D eigenvalue weighted by atomic mass is 35.5. The Balaban J connectivity index is 0.000000152. The van der Waals surface area contributed by atoms with Crippen molar-refractivity contribution >= 4 is 75.8 Å². The molecular weight excluding hydrogens is 910 g/mol. The number of esters is 2. The largest absolute Gasteiger partial charge is 0.464 e. The highest BCUT2D eigenvalue weighted by Crippen LogP contribution is 2.42. The van der Waals surface area contributed by atoms with E-state index in [9.17, 15) is 14.4 Å². The molecule has 0 spiro atoms. The number of halogens is 4.